The van der Waals surface area contributed by atoms with Gasteiger partial charge in [0.15, 0.2) is 11.5 Å². The van der Waals surface area contributed by atoms with E-state index in [4.69, 9.17) is 9.47 Å². The van der Waals surface area contributed by atoms with E-state index in [1.54, 1.807) is 0 Å². The summed E-state index contributed by atoms with van der Waals surface area (Å²) < 4.78 is 11.0. The van der Waals surface area contributed by atoms with E-state index in [9.17, 15) is 0 Å². The van der Waals surface area contributed by atoms with Gasteiger partial charge >= 0.3 is 0 Å². The van der Waals surface area contributed by atoms with E-state index in [0.717, 1.165) is 35.8 Å². The second-order valence-corrected chi connectivity index (χ2v) is 6.26. The summed E-state index contributed by atoms with van der Waals surface area (Å²) in [6.45, 7) is 3.52. The molecule has 4 atom stereocenters. The first-order valence-corrected chi connectivity index (χ1v) is 7.60. The summed E-state index contributed by atoms with van der Waals surface area (Å²) in [4.78, 5) is 0. The standard InChI is InChI=1S/C17H21NO2/c1-11(15-8-12-5-6-13(15)7-12)18-9-14-3-2-4-16-17(14)20-10-19-16/h2-6,11-13,15,18H,7-10H2,1H3. The predicted molar refractivity (Wildman–Crippen MR) is 77.7 cm³/mol. The van der Waals surface area contributed by atoms with Crippen molar-refractivity contribution in [1.82, 2.24) is 5.32 Å². The molecule has 3 heteroatoms. The Morgan fingerprint density at radius 3 is 3.00 bits per heavy atom. The summed E-state index contributed by atoms with van der Waals surface area (Å²) in [6, 6.07) is 6.67. The number of benzene rings is 1. The molecule has 2 aliphatic carbocycles. The van der Waals surface area contributed by atoms with Crippen molar-refractivity contribution in [1.29, 1.82) is 0 Å². The van der Waals surface area contributed by atoms with Gasteiger partial charge in [0.2, 0.25) is 6.79 Å². The van der Waals surface area contributed by atoms with Gasteiger partial charge < -0.3 is 14.8 Å². The lowest BCUT2D eigenvalue weighted by molar-refractivity contribution is 0.173. The Morgan fingerprint density at radius 1 is 1.25 bits per heavy atom. The highest BCUT2D eigenvalue weighted by molar-refractivity contribution is 5.48. The van der Waals surface area contributed by atoms with Gasteiger partial charge in [0.1, 0.15) is 0 Å². The summed E-state index contributed by atoms with van der Waals surface area (Å²) in [6.07, 6.45) is 7.55. The molecule has 1 aliphatic heterocycles. The molecule has 1 fully saturated rings. The van der Waals surface area contributed by atoms with Crippen molar-refractivity contribution >= 4 is 0 Å². The molecule has 0 spiro atoms. The summed E-state index contributed by atoms with van der Waals surface area (Å²) >= 11 is 0. The zero-order chi connectivity index (χ0) is 13.5. The fourth-order valence-corrected chi connectivity index (χ4v) is 3.95. The Hall–Kier alpha value is -1.48. The highest BCUT2D eigenvalue weighted by atomic mass is 16.7. The van der Waals surface area contributed by atoms with Crippen LogP contribution in [-0.4, -0.2) is 12.8 Å². The monoisotopic (exact) mass is 271 g/mol. The van der Waals surface area contributed by atoms with Crippen molar-refractivity contribution in [3.63, 3.8) is 0 Å². The number of hydrogen-bond acceptors (Lipinski definition) is 3. The lowest BCUT2D eigenvalue weighted by Crippen LogP contribution is -2.35. The molecule has 2 bridgehead atoms. The average molecular weight is 271 g/mol. The zero-order valence-electron chi connectivity index (χ0n) is 11.8. The van der Waals surface area contributed by atoms with Crippen LogP contribution in [0.2, 0.25) is 0 Å². The number of para-hydroxylation sites is 1. The molecule has 3 aliphatic rings. The van der Waals surface area contributed by atoms with Crippen LogP contribution >= 0.6 is 0 Å². The van der Waals surface area contributed by atoms with Crippen LogP contribution in [0, 0.1) is 17.8 Å². The third-order valence-corrected chi connectivity index (χ3v) is 5.07. The maximum Gasteiger partial charge on any atom is 0.231 e. The minimum Gasteiger partial charge on any atom is -0.454 e. The van der Waals surface area contributed by atoms with Crippen molar-refractivity contribution in [2.75, 3.05) is 6.79 Å². The highest BCUT2D eigenvalue weighted by Crippen LogP contribution is 2.45. The largest absolute Gasteiger partial charge is 0.454 e. The maximum atomic E-state index is 5.56. The molecule has 1 saturated carbocycles. The Kier molecular flexibility index (Phi) is 2.95. The van der Waals surface area contributed by atoms with Gasteiger partial charge in [-0.05, 0) is 43.6 Å². The lowest BCUT2D eigenvalue weighted by Gasteiger charge is -2.26. The first-order valence-electron chi connectivity index (χ1n) is 7.60. The van der Waals surface area contributed by atoms with Crippen LogP contribution in [0.3, 0.4) is 0 Å². The molecule has 0 aromatic heterocycles. The molecule has 1 N–H and O–H groups in total. The van der Waals surface area contributed by atoms with Crippen LogP contribution in [-0.2, 0) is 6.54 Å². The molecular weight excluding hydrogens is 250 g/mol. The van der Waals surface area contributed by atoms with E-state index >= 15 is 0 Å². The molecule has 1 aromatic rings. The van der Waals surface area contributed by atoms with Crippen LogP contribution in [0.15, 0.2) is 30.4 Å². The number of ether oxygens (including phenoxy) is 2. The van der Waals surface area contributed by atoms with Crippen LogP contribution in [0.1, 0.15) is 25.3 Å². The Bertz CT molecular complexity index is 540. The lowest BCUT2D eigenvalue weighted by atomic mass is 9.87. The fourth-order valence-electron chi connectivity index (χ4n) is 3.95. The van der Waals surface area contributed by atoms with Gasteiger partial charge in [-0.25, -0.2) is 0 Å². The topological polar surface area (TPSA) is 30.5 Å². The van der Waals surface area contributed by atoms with Crippen molar-refractivity contribution < 1.29 is 9.47 Å². The van der Waals surface area contributed by atoms with Gasteiger partial charge in [0.05, 0.1) is 0 Å². The third-order valence-electron chi connectivity index (χ3n) is 5.07. The molecule has 0 saturated heterocycles. The normalized spacial score (nSPS) is 30.9. The Morgan fingerprint density at radius 2 is 2.20 bits per heavy atom. The number of fused-ring (bicyclic) bond motifs is 3. The van der Waals surface area contributed by atoms with Crippen LogP contribution in [0.5, 0.6) is 11.5 Å². The molecule has 1 aromatic carbocycles. The zero-order valence-corrected chi connectivity index (χ0v) is 11.8. The van der Waals surface area contributed by atoms with Gasteiger partial charge in [-0.2, -0.15) is 0 Å². The summed E-state index contributed by atoms with van der Waals surface area (Å²) in [5.74, 6) is 4.22. The van der Waals surface area contributed by atoms with Crippen LogP contribution < -0.4 is 14.8 Å². The van der Waals surface area contributed by atoms with Crippen molar-refractivity contribution in [3.8, 4) is 11.5 Å². The van der Waals surface area contributed by atoms with E-state index in [-0.39, 0.29) is 0 Å². The number of nitrogens with one attached hydrogen (secondary N) is 1. The summed E-state index contributed by atoms with van der Waals surface area (Å²) in [5, 5.41) is 3.69. The van der Waals surface area contributed by atoms with Crippen molar-refractivity contribution in [2.24, 2.45) is 17.8 Å². The second kappa shape index (κ2) is 4.81. The summed E-state index contributed by atoms with van der Waals surface area (Å²) in [7, 11) is 0. The minimum absolute atomic E-state index is 0.346. The third kappa shape index (κ3) is 2.01. The molecule has 1 heterocycles. The van der Waals surface area contributed by atoms with E-state index in [1.807, 2.05) is 12.1 Å². The molecule has 20 heavy (non-hydrogen) atoms. The number of hydrogen-bond donors (Lipinski definition) is 1. The number of rotatable bonds is 4. The first kappa shape index (κ1) is 12.3. The van der Waals surface area contributed by atoms with Crippen LogP contribution in [0.25, 0.3) is 0 Å². The van der Waals surface area contributed by atoms with Crippen molar-refractivity contribution in [3.05, 3.63) is 35.9 Å². The van der Waals surface area contributed by atoms with Gasteiger partial charge in [-0.1, -0.05) is 24.3 Å². The van der Waals surface area contributed by atoms with Crippen LogP contribution in [0.4, 0.5) is 0 Å². The molecular formula is C17H21NO2. The van der Waals surface area contributed by atoms with Gasteiger partial charge in [-0.3, -0.25) is 0 Å². The van der Waals surface area contributed by atoms with Crippen molar-refractivity contribution in [2.45, 2.75) is 32.4 Å². The smallest absolute Gasteiger partial charge is 0.231 e. The van der Waals surface area contributed by atoms with E-state index in [2.05, 4.69) is 30.5 Å². The Balaban J connectivity index is 1.41. The quantitative estimate of drug-likeness (QED) is 0.854. The molecule has 4 unspecified atom stereocenters. The molecule has 106 valence electrons. The molecule has 0 amide bonds. The molecule has 3 nitrogen and oxygen atoms in total. The second-order valence-electron chi connectivity index (χ2n) is 6.26. The SMILES string of the molecule is CC(NCc1cccc2c1OCO2)C1CC2C=CC1C2. The first-order chi connectivity index (χ1) is 9.81. The van der Waals surface area contributed by atoms with Gasteiger partial charge in [0.25, 0.3) is 0 Å². The average Bonchev–Trinajstić information content (AvgIpc) is 3.19. The van der Waals surface area contributed by atoms with Gasteiger partial charge in [-0.15, -0.1) is 0 Å². The van der Waals surface area contributed by atoms with E-state index in [0.29, 0.717) is 12.8 Å². The summed E-state index contributed by atoms with van der Waals surface area (Å²) in [5.41, 5.74) is 1.20. The van der Waals surface area contributed by atoms with Gasteiger partial charge in [0, 0.05) is 18.2 Å². The van der Waals surface area contributed by atoms with E-state index < -0.39 is 0 Å². The van der Waals surface area contributed by atoms with E-state index in [1.165, 1.54) is 18.4 Å². The number of allylic oxidation sites excluding steroid dienone is 2. The maximum absolute atomic E-state index is 5.56. The highest BCUT2D eigenvalue weighted by Gasteiger charge is 2.38. The fraction of sp³-hybridized carbons (Fsp3) is 0.529. The Labute approximate surface area is 120 Å². The molecule has 0 radical (unpaired) electrons. The minimum atomic E-state index is 0.346. The predicted octanol–water partition coefficient (Wildman–Crippen LogP) is 3.11. The molecule has 4 rings (SSSR count).